The Morgan fingerprint density at radius 1 is 0.252 bits per heavy atom. The first-order chi connectivity index (χ1) is 69.1. The van der Waals surface area contributed by atoms with Crippen LogP contribution >= 0.6 is 0 Å². The molecule has 13 aromatic carbocycles. The molecule has 13 aromatic rings. The van der Waals surface area contributed by atoms with E-state index in [1.807, 2.05) is 0 Å². The van der Waals surface area contributed by atoms with Crippen molar-refractivity contribution in [3.05, 3.63) is 417 Å². The molecule has 0 unspecified atom stereocenters. The summed E-state index contributed by atoms with van der Waals surface area (Å²) in [7, 11) is 2.59. The standard InChI is InChI=1S/C19H16O6.3C15H10O4.C15H10O3.C13H12O4.C12H10O3.C11H8O3.CH4/c1-8-5-6-10-15(16(8)20)18(22)13-9(2)14(19(23)25-4)12(24-3)7-11(13)17(10)21;1-7-6-10(16)11-12(13(7)17)15(19)9-5-3-2-4-8(9)14(11)18;2*1-7-6-10-11(15(19)12(7)16)14(18)9-5-3-2-4-8(9)13(10)17;1-8-6-7-11-12(13(8)16)15(18)10-5-3-2-4-9(10)14(11)17;1-6-3-4-8-10(11(6)15)13(17)9(5-14)7(2)12(8)16;1-6-3-4-8-10(12(6)15)9(13)5-7(2)11(8)14;1-6-2-3-7-8(12)4-5-9(13)10(7)11(6)14;/h5-7,20H,1-4H3;2-6,16-17H,1H3;2*2-6,16,19H,1H3;2-7,16H,1H3;3-4,14-15H,5H2,1-2H3;3-5,15H,1-2H3;2-5,14H,1H3;1H4. The Hall–Kier alpha value is -19.2. The van der Waals surface area contributed by atoms with Gasteiger partial charge in [0.05, 0.1) is 70.9 Å². The largest absolute Gasteiger partial charge is 0.507 e. The van der Waals surface area contributed by atoms with Gasteiger partial charge in [0.1, 0.15) is 51.6 Å². The zero-order valence-corrected chi connectivity index (χ0v) is 79.9. The number of hydrogen-bond donors (Lipinski definition) is 12. The van der Waals surface area contributed by atoms with Crippen molar-refractivity contribution in [1.82, 2.24) is 0 Å². The van der Waals surface area contributed by atoms with Crippen LogP contribution in [0.2, 0.25) is 0 Å². The molecule has 147 heavy (non-hydrogen) atoms. The minimum atomic E-state index is -0.670. The monoisotopic (exact) mass is 1980 g/mol. The third-order valence-electron chi connectivity index (χ3n) is 25.7. The zero-order valence-electron chi connectivity index (χ0n) is 79.9. The van der Waals surface area contributed by atoms with Crippen molar-refractivity contribution in [1.29, 1.82) is 0 Å². The predicted octanol–water partition coefficient (Wildman–Crippen LogP) is 17.3. The van der Waals surface area contributed by atoms with Gasteiger partial charge in [-0.25, -0.2) is 4.79 Å². The molecule has 0 aromatic heterocycles. The van der Waals surface area contributed by atoms with Crippen LogP contribution in [0.3, 0.4) is 0 Å². The van der Waals surface area contributed by atoms with Gasteiger partial charge in [0.15, 0.2) is 116 Å². The number of aliphatic hydroxyl groups is 1. The van der Waals surface area contributed by atoms with Crippen molar-refractivity contribution in [2.24, 2.45) is 0 Å². The van der Waals surface area contributed by atoms with Crippen molar-refractivity contribution >= 4 is 98.5 Å². The number of allylic oxidation sites excluding steroid dienone is 5. The zero-order chi connectivity index (χ0) is 107. The van der Waals surface area contributed by atoms with E-state index in [1.54, 1.807) is 191 Å². The quantitative estimate of drug-likeness (QED) is 0.0444. The Labute approximate surface area is 836 Å². The van der Waals surface area contributed by atoms with E-state index >= 15 is 0 Å². The van der Waals surface area contributed by atoms with E-state index in [4.69, 9.17) is 14.6 Å². The maximum Gasteiger partial charge on any atom is 0.341 e. The number of methoxy groups -OCH3 is 2. The van der Waals surface area contributed by atoms with Crippen molar-refractivity contribution in [2.45, 2.75) is 83.6 Å². The van der Waals surface area contributed by atoms with Crippen molar-refractivity contribution in [2.75, 3.05) is 20.8 Å². The number of hydrogen-bond acceptors (Lipinski definition) is 31. The number of carbonyl (C=O) groups is 17. The molecule has 8 aliphatic rings. The summed E-state index contributed by atoms with van der Waals surface area (Å²) in [5, 5.41) is 118. The summed E-state index contributed by atoms with van der Waals surface area (Å²) >= 11 is 0. The Morgan fingerprint density at radius 3 is 0.932 bits per heavy atom. The second kappa shape index (κ2) is 41.2. The lowest BCUT2D eigenvalue weighted by Gasteiger charge is -2.23. The number of aryl methyl sites for hydroxylation is 8. The van der Waals surface area contributed by atoms with Crippen LogP contribution < -0.4 is 4.74 Å². The number of aliphatic hydroxyl groups excluding tert-OH is 1. The van der Waals surface area contributed by atoms with Gasteiger partial charge in [-0.05, 0) is 199 Å². The number of aromatic hydroxyl groups is 11. The molecular weight excluding hydrogens is 1890 g/mol. The Bertz CT molecular complexity index is 8120. The van der Waals surface area contributed by atoms with E-state index in [0.717, 1.165) is 0 Å². The number of carbonyl (C=O) groups excluding carboxylic acids is 17. The molecule has 31 heteroatoms. The highest BCUT2D eigenvalue weighted by molar-refractivity contribution is 6.35. The van der Waals surface area contributed by atoms with Crippen LogP contribution in [0.15, 0.2) is 217 Å². The van der Waals surface area contributed by atoms with Crippen molar-refractivity contribution in [3.8, 4) is 69.0 Å². The van der Waals surface area contributed by atoms with Gasteiger partial charge in [0.25, 0.3) is 0 Å². The van der Waals surface area contributed by atoms with Crippen molar-refractivity contribution in [3.63, 3.8) is 0 Å². The van der Waals surface area contributed by atoms with Crippen LogP contribution in [0.4, 0.5) is 0 Å². The maximum absolute atomic E-state index is 13.0. The lowest BCUT2D eigenvalue weighted by Crippen LogP contribution is -2.24. The molecule has 0 fully saturated rings. The third kappa shape index (κ3) is 18.3. The fourth-order valence-corrected chi connectivity index (χ4v) is 17.7. The van der Waals surface area contributed by atoms with Crippen LogP contribution in [-0.4, -0.2) is 181 Å². The fraction of sp³-hybridized carbons (Fsp3) is 0.129. The van der Waals surface area contributed by atoms with Crippen molar-refractivity contribution < 1.29 is 152 Å². The Kier molecular flexibility index (Phi) is 29.5. The summed E-state index contributed by atoms with van der Waals surface area (Å²) in [4.78, 5) is 207. The summed E-state index contributed by atoms with van der Waals surface area (Å²) in [6.07, 6.45) is 3.67. The van der Waals surface area contributed by atoms with Crippen LogP contribution in [0.5, 0.6) is 69.0 Å². The second-order valence-corrected chi connectivity index (χ2v) is 34.7. The maximum atomic E-state index is 13.0. The summed E-state index contributed by atoms with van der Waals surface area (Å²) in [5.74, 6) is -9.17. The molecule has 12 N–H and O–H groups in total. The number of ketones is 16. The van der Waals surface area contributed by atoms with E-state index in [9.17, 15) is 138 Å². The van der Waals surface area contributed by atoms with Gasteiger partial charge in [-0.2, -0.15) is 0 Å². The van der Waals surface area contributed by atoms with E-state index in [0.29, 0.717) is 77.9 Å². The molecule has 0 amide bonds. The smallest absolute Gasteiger partial charge is 0.341 e. The Balaban J connectivity index is 0.000000141. The molecule has 31 nitrogen and oxygen atoms in total. The molecule has 0 atom stereocenters. The molecule has 21 rings (SSSR count). The molecule has 740 valence electrons. The summed E-state index contributed by atoms with van der Waals surface area (Å²) in [6, 6.07) is 47.4. The summed E-state index contributed by atoms with van der Waals surface area (Å²) < 4.78 is 9.98. The fourth-order valence-electron chi connectivity index (χ4n) is 17.7. The molecule has 0 spiro atoms. The number of ether oxygens (including phenoxy) is 2. The van der Waals surface area contributed by atoms with Gasteiger partial charge in [-0.1, -0.05) is 135 Å². The molecule has 0 bridgehead atoms. The second-order valence-electron chi connectivity index (χ2n) is 34.7. The number of phenolic OH excluding ortho intramolecular Hbond substituents is 11. The first kappa shape index (κ1) is 105. The Morgan fingerprint density at radius 2 is 0.544 bits per heavy atom. The highest BCUT2D eigenvalue weighted by Crippen LogP contribution is 2.47. The van der Waals surface area contributed by atoms with Gasteiger partial charge in [-0.15, -0.1) is 0 Å². The highest BCUT2D eigenvalue weighted by atomic mass is 16.5. The van der Waals surface area contributed by atoms with Crippen LogP contribution in [0.1, 0.15) is 303 Å². The van der Waals surface area contributed by atoms with Gasteiger partial charge < -0.3 is 70.8 Å². The van der Waals surface area contributed by atoms with E-state index in [2.05, 4.69) is 0 Å². The van der Waals surface area contributed by atoms with Crippen LogP contribution in [-0.2, 0) is 4.74 Å². The lowest BCUT2D eigenvalue weighted by molar-refractivity contribution is 0.0594. The highest BCUT2D eigenvalue weighted by Gasteiger charge is 2.42. The predicted molar refractivity (Wildman–Crippen MR) is 532 cm³/mol. The van der Waals surface area contributed by atoms with E-state index < -0.39 is 64.6 Å². The van der Waals surface area contributed by atoms with E-state index in [1.165, 1.54) is 100 Å². The molecule has 0 aliphatic heterocycles. The number of esters is 1. The molecule has 0 heterocycles. The average molecular weight is 1980 g/mol. The molecule has 8 aliphatic carbocycles. The van der Waals surface area contributed by atoms with Crippen LogP contribution in [0.25, 0.3) is 0 Å². The van der Waals surface area contributed by atoms with Gasteiger partial charge in [0, 0.05) is 111 Å². The number of rotatable bonds is 3. The number of phenols is 11. The number of fused-ring (bicyclic) bond motifs is 13. The number of benzene rings is 13. The summed E-state index contributed by atoms with van der Waals surface area (Å²) in [5.41, 5.74) is 8.92. The van der Waals surface area contributed by atoms with Gasteiger partial charge in [-0.3, -0.25) is 76.7 Å². The lowest BCUT2D eigenvalue weighted by atomic mass is 9.79. The summed E-state index contributed by atoms with van der Waals surface area (Å²) in [6.45, 7) is 17.2. The SMILES string of the molecule is C.CC1=C(CO)C(=O)c2c(ccc(C)c2O)C1=O.CC1=CC(=O)c2c(ccc(C)c2O)C1=O.COC(=O)c1c(OC)cc2c(c1C)C(=O)c1c(ccc(C)c1O)C2=O.Cc1cc(O)c2c(c1O)C(=O)c1ccccc1C2=O.Cc1cc2c(c(O)c1O)C(=O)c1ccccc1C2=O.Cc1cc2c(c(O)c1O)C(=O)c1ccccc1C2=O.Cc1ccc2c(c1O)C(=O)C=CC2=O.Cc1ccc2c(c1O)C(=O)c1ccccc1C2=O. The molecular formula is C116H90O31. The molecule has 0 radical (unpaired) electrons. The third-order valence-corrected chi connectivity index (χ3v) is 25.7. The van der Waals surface area contributed by atoms with Gasteiger partial charge >= 0.3 is 5.97 Å². The first-order valence-corrected chi connectivity index (χ1v) is 44.5. The first-order valence-electron chi connectivity index (χ1n) is 44.5. The minimum absolute atomic E-state index is 0. The normalized spacial score (nSPS) is 13.5. The van der Waals surface area contributed by atoms with Gasteiger partial charge in [0.2, 0.25) is 0 Å². The number of Topliss-reactive ketones (excluding diaryl/α,β-unsaturated/α-hetero) is 3. The molecule has 0 saturated heterocycles. The minimum Gasteiger partial charge on any atom is -0.507 e. The van der Waals surface area contributed by atoms with Crippen LogP contribution in [0, 0.1) is 62.3 Å². The molecule has 0 saturated carbocycles. The van der Waals surface area contributed by atoms with E-state index in [-0.39, 0.29) is 256 Å². The topological polar surface area (TPSA) is 551 Å². The average Bonchev–Trinajstić information content (AvgIpc) is 0.734.